The van der Waals surface area contributed by atoms with Crippen molar-refractivity contribution in [1.29, 1.82) is 0 Å². The van der Waals surface area contributed by atoms with Crippen LogP contribution in [-0.2, 0) is 12.7 Å². The largest absolute Gasteiger partial charge is 0.417 e. The van der Waals surface area contributed by atoms with Gasteiger partial charge < -0.3 is 0 Å². The average molecular weight is 361 g/mol. The summed E-state index contributed by atoms with van der Waals surface area (Å²) in [6.45, 7) is 2.55. The van der Waals surface area contributed by atoms with E-state index in [1.165, 1.54) is 24.5 Å². The molecule has 0 bridgehead atoms. The fourth-order valence-corrected chi connectivity index (χ4v) is 2.30. The van der Waals surface area contributed by atoms with Gasteiger partial charge in [0.05, 0.1) is 17.3 Å². The number of ketones is 1. The zero-order valence-electron chi connectivity index (χ0n) is 11.1. The molecule has 0 N–H and O–H groups in total. The minimum absolute atomic E-state index is 0.149. The summed E-state index contributed by atoms with van der Waals surface area (Å²) in [7, 11) is 0. The molecule has 0 saturated heterocycles. The van der Waals surface area contributed by atoms with Gasteiger partial charge in [-0.15, -0.1) is 0 Å². The maximum absolute atomic E-state index is 13.0. The van der Waals surface area contributed by atoms with Crippen molar-refractivity contribution >= 4 is 21.7 Å². The summed E-state index contributed by atoms with van der Waals surface area (Å²) in [5.74, 6) is -0.683. The Morgan fingerprint density at radius 1 is 1.38 bits per heavy atom. The molecule has 21 heavy (non-hydrogen) atoms. The van der Waals surface area contributed by atoms with Gasteiger partial charge in [-0.3, -0.25) is 9.48 Å². The van der Waals surface area contributed by atoms with Crippen LogP contribution in [0.1, 0.15) is 34.8 Å². The van der Waals surface area contributed by atoms with Crippen molar-refractivity contribution < 1.29 is 18.0 Å². The van der Waals surface area contributed by atoms with E-state index in [4.69, 9.17) is 0 Å². The first-order chi connectivity index (χ1) is 9.82. The number of aromatic nitrogens is 2. The molecule has 0 aliphatic heterocycles. The molecule has 1 aromatic heterocycles. The van der Waals surface area contributed by atoms with Crippen LogP contribution >= 0.6 is 15.9 Å². The lowest BCUT2D eigenvalue weighted by atomic mass is 10.00. The van der Waals surface area contributed by atoms with Gasteiger partial charge in [0.15, 0.2) is 5.78 Å². The Morgan fingerprint density at radius 3 is 2.71 bits per heavy atom. The van der Waals surface area contributed by atoms with Crippen LogP contribution in [0.3, 0.4) is 0 Å². The van der Waals surface area contributed by atoms with Crippen LogP contribution < -0.4 is 0 Å². The molecule has 7 heteroatoms. The third-order valence-corrected chi connectivity index (χ3v) is 3.37. The van der Waals surface area contributed by atoms with Gasteiger partial charge in [0.25, 0.3) is 0 Å². The Kier molecular flexibility index (Phi) is 4.51. The second kappa shape index (κ2) is 6.01. The molecule has 0 amide bonds. The maximum atomic E-state index is 13.0. The van der Waals surface area contributed by atoms with Crippen molar-refractivity contribution in [3.8, 4) is 0 Å². The van der Waals surface area contributed by atoms with E-state index in [-0.39, 0.29) is 15.6 Å². The molecule has 0 unspecified atom stereocenters. The lowest BCUT2D eigenvalue weighted by molar-refractivity contribution is -0.137. The second-order valence-electron chi connectivity index (χ2n) is 4.51. The number of carbonyl (C=O) groups is 1. The van der Waals surface area contributed by atoms with Crippen molar-refractivity contribution in [1.82, 2.24) is 9.78 Å². The summed E-state index contributed by atoms with van der Waals surface area (Å²) in [5.41, 5.74) is -1.18. The minimum atomic E-state index is -4.59. The van der Waals surface area contributed by atoms with E-state index in [1.54, 1.807) is 4.68 Å². The van der Waals surface area contributed by atoms with Crippen LogP contribution in [0.25, 0.3) is 0 Å². The van der Waals surface area contributed by atoms with Gasteiger partial charge in [-0.2, -0.15) is 18.3 Å². The first-order valence-electron chi connectivity index (χ1n) is 6.27. The molecule has 112 valence electrons. The third-order valence-electron chi connectivity index (χ3n) is 2.88. The van der Waals surface area contributed by atoms with E-state index in [2.05, 4.69) is 21.0 Å². The summed E-state index contributed by atoms with van der Waals surface area (Å²) in [6.07, 6.45) is -1.01. The molecule has 1 aromatic carbocycles. The number of carbonyl (C=O) groups excluding carboxylic acids is 1. The lowest BCUT2D eigenvalue weighted by Gasteiger charge is -2.11. The molecular formula is C14H12BrF3N2O. The van der Waals surface area contributed by atoms with Crippen LogP contribution in [0.5, 0.6) is 0 Å². The predicted molar refractivity (Wildman–Crippen MR) is 75.1 cm³/mol. The van der Waals surface area contributed by atoms with Gasteiger partial charge in [-0.1, -0.05) is 22.9 Å². The van der Waals surface area contributed by atoms with Crippen molar-refractivity contribution in [3.63, 3.8) is 0 Å². The topological polar surface area (TPSA) is 34.9 Å². The van der Waals surface area contributed by atoms with E-state index in [9.17, 15) is 18.0 Å². The number of hydrogen-bond donors (Lipinski definition) is 0. The average Bonchev–Trinajstić information content (AvgIpc) is 2.86. The molecular weight excluding hydrogens is 349 g/mol. The molecule has 0 atom stereocenters. The Balaban J connectivity index is 2.43. The first-order valence-corrected chi connectivity index (χ1v) is 7.06. The van der Waals surface area contributed by atoms with Crippen LogP contribution in [-0.4, -0.2) is 15.6 Å². The highest BCUT2D eigenvalue weighted by atomic mass is 79.9. The molecule has 2 rings (SSSR count). The number of aryl methyl sites for hydroxylation is 1. The normalized spacial score (nSPS) is 11.7. The quantitative estimate of drug-likeness (QED) is 0.761. The molecule has 0 aliphatic rings. The molecule has 0 radical (unpaired) electrons. The second-order valence-corrected chi connectivity index (χ2v) is 5.42. The fourth-order valence-electron chi connectivity index (χ4n) is 1.94. The third kappa shape index (κ3) is 3.53. The van der Waals surface area contributed by atoms with Crippen LogP contribution in [0.2, 0.25) is 0 Å². The van der Waals surface area contributed by atoms with E-state index >= 15 is 0 Å². The maximum Gasteiger partial charge on any atom is 0.417 e. The Bertz CT molecular complexity index is 664. The van der Waals surface area contributed by atoms with Crippen molar-refractivity contribution in [3.05, 3.63) is 51.8 Å². The first kappa shape index (κ1) is 15.8. The monoisotopic (exact) mass is 360 g/mol. The van der Waals surface area contributed by atoms with E-state index in [0.29, 0.717) is 6.54 Å². The Hall–Kier alpha value is -1.63. The molecule has 2 aromatic rings. The standard InChI is InChI=1S/C14H12BrF3N2O/c1-2-5-20-8-9(7-19-20)13(21)11-4-3-10(15)6-12(11)14(16,17)18/h3-4,6-8H,2,5H2,1H3. The molecule has 0 spiro atoms. The smallest absolute Gasteiger partial charge is 0.288 e. The molecule has 1 heterocycles. The van der Waals surface area contributed by atoms with E-state index in [0.717, 1.165) is 12.5 Å². The number of nitrogens with zero attached hydrogens (tertiary/aromatic N) is 2. The molecule has 3 nitrogen and oxygen atoms in total. The number of hydrogen-bond acceptors (Lipinski definition) is 2. The van der Waals surface area contributed by atoms with Crippen molar-refractivity contribution in [2.24, 2.45) is 0 Å². The van der Waals surface area contributed by atoms with Gasteiger partial charge in [-0.25, -0.2) is 0 Å². The van der Waals surface area contributed by atoms with E-state index in [1.807, 2.05) is 6.92 Å². The zero-order chi connectivity index (χ0) is 15.6. The Labute approximate surface area is 127 Å². The fraction of sp³-hybridized carbons (Fsp3) is 0.286. The summed E-state index contributed by atoms with van der Waals surface area (Å²) < 4.78 is 40.9. The van der Waals surface area contributed by atoms with Crippen LogP contribution in [0.4, 0.5) is 13.2 Å². The number of alkyl halides is 3. The summed E-state index contributed by atoms with van der Waals surface area (Å²) in [5, 5.41) is 3.97. The summed E-state index contributed by atoms with van der Waals surface area (Å²) in [6, 6.07) is 3.50. The van der Waals surface area contributed by atoms with Crippen molar-refractivity contribution in [2.75, 3.05) is 0 Å². The highest BCUT2D eigenvalue weighted by molar-refractivity contribution is 9.10. The lowest BCUT2D eigenvalue weighted by Crippen LogP contribution is -2.13. The summed E-state index contributed by atoms with van der Waals surface area (Å²) in [4.78, 5) is 12.3. The predicted octanol–water partition coefficient (Wildman–Crippen LogP) is 4.31. The van der Waals surface area contributed by atoms with Crippen LogP contribution in [0, 0.1) is 0 Å². The van der Waals surface area contributed by atoms with Crippen LogP contribution in [0.15, 0.2) is 35.1 Å². The zero-order valence-corrected chi connectivity index (χ0v) is 12.7. The van der Waals surface area contributed by atoms with Crippen molar-refractivity contribution in [2.45, 2.75) is 26.1 Å². The van der Waals surface area contributed by atoms with Gasteiger partial charge >= 0.3 is 6.18 Å². The molecule has 0 aliphatic carbocycles. The number of halogens is 4. The minimum Gasteiger partial charge on any atom is -0.288 e. The number of benzene rings is 1. The Morgan fingerprint density at radius 2 is 2.10 bits per heavy atom. The summed E-state index contributed by atoms with van der Waals surface area (Å²) >= 11 is 2.99. The van der Waals surface area contributed by atoms with Gasteiger partial charge in [-0.05, 0) is 24.6 Å². The molecule has 0 fully saturated rings. The van der Waals surface area contributed by atoms with E-state index < -0.39 is 17.5 Å². The van der Waals surface area contributed by atoms with Gasteiger partial charge in [0.1, 0.15) is 0 Å². The molecule has 0 saturated carbocycles. The highest BCUT2D eigenvalue weighted by Crippen LogP contribution is 2.34. The highest BCUT2D eigenvalue weighted by Gasteiger charge is 2.35. The van der Waals surface area contributed by atoms with Gasteiger partial charge in [0.2, 0.25) is 0 Å². The SMILES string of the molecule is CCCn1cc(C(=O)c2ccc(Br)cc2C(F)(F)F)cn1. The number of rotatable bonds is 4. The van der Waals surface area contributed by atoms with Gasteiger partial charge in [0, 0.05) is 22.8 Å².